The van der Waals surface area contributed by atoms with Crippen LogP contribution in [-0.4, -0.2) is 47.8 Å². The molecule has 2 amide bonds. The highest BCUT2D eigenvalue weighted by Gasteiger charge is 2.17. The van der Waals surface area contributed by atoms with E-state index in [2.05, 4.69) is 5.32 Å². The van der Waals surface area contributed by atoms with Crippen LogP contribution < -0.4 is 5.32 Å². The summed E-state index contributed by atoms with van der Waals surface area (Å²) in [6, 6.07) is 3.85. The highest BCUT2D eigenvalue weighted by atomic mass is 32.1. The molecule has 0 fully saturated rings. The quantitative estimate of drug-likeness (QED) is 0.717. The van der Waals surface area contributed by atoms with Crippen molar-refractivity contribution in [3.05, 3.63) is 22.4 Å². The summed E-state index contributed by atoms with van der Waals surface area (Å²) in [6.07, 6.45) is 0. The van der Waals surface area contributed by atoms with Crippen LogP contribution in [-0.2, 0) is 16.1 Å². The molecule has 0 spiro atoms. The molecule has 7 heteroatoms. The van der Waals surface area contributed by atoms with Crippen molar-refractivity contribution in [2.75, 3.05) is 19.8 Å². The largest absolute Gasteiger partial charge is 0.480 e. The number of nitrogens with zero attached hydrogens (tertiary/aromatic N) is 1. The minimum atomic E-state index is -1.02. The van der Waals surface area contributed by atoms with Crippen LogP contribution in [0.15, 0.2) is 17.5 Å². The molecule has 0 radical (unpaired) electrons. The molecular weight excluding hydrogens is 280 g/mol. The zero-order valence-corrected chi connectivity index (χ0v) is 12.5. The average molecular weight is 300 g/mol. The minimum absolute atomic E-state index is 0.0806. The van der Waals surface area contributed by atoms with Crippen LogP contribution in [0, 0.1) is 0 Å². The molecule has 1 aromatic heterocycles. The Bertz CT molecular complexity index is 420. The second-order valence-electron chi connectivity index (χ2n) is 4.48. The molecule has 1 rings (SSSR count). The predicted octanol–water partition coefficient (Wildman–Crippen LogP) is 1.77. The highest BCUT2D eigenvalue weighted by molar-refractivity contribution is 7.09. The van der Waals surface area contributed by atoms with Crippen molar-refractivity contribution in [3.63, 3.8) is 0 Å². The number of hydrogen-bond acceptors (Lipinski definition) is 4. The Hall–Kier alpha value is -1.60. The number of hydrogen-bond donors (Lipinski definition) is 2. The van der Waals surface area contributed by atoms with Gasteiger partial charge in [-0.3, -0.25) is 0 Å². The van der Waals surface area contributed by atoms with Crippen molar-refractivity contribution in [2.45, 2.75) is 26.4 Å². The van der Waals surface area contributed by atoms with E-state index in [0.29, 0.717) is 13.1 Å². The summed E-state index contributed by atoms with van der Waals surface area (Å²) in [6.45, 7) is 4.60. The van der Waals surface area contributed by atoms with Crippen molar-refractivity contribution in [1.82, 2.24) is 10.2 Å². The van der Waals surface area contributed by atoms with Crippen molar-refractivity contribution in [2.24, 2.45) is 0 Å². The van der Waals surface area contributed by atoms with E-state index in [0.717, 1.165) is 4.88 Å². The summed E-state index contributed by atoms with van der Waals surface area (Å²) in [7, 11) is 0. The fourth-order valence-electron chi connectivity index (χ4n) is 1.55. The minimum Gasteiger partial charge on any atom is -0.480 e. The first-order valence-corrected chi connectivity index (χ1v) is 7.25. The van der Waals surface area contributed by atoms with Gasteiger partial charge in [0.1, 0.15) is 6.61 Å². The number of ether oxygens (including phenoxy) is 1. The lowest BCUT2D eigenvalue weighted by molar-refractivity contribution is -0.142. The lowest BCUT2D eigenvalue weighted by Crippen LogP contribution is -2.44. The zero-order chi connectivity index (χ0) is 15.0. The van der Waals surface area contributed by atoms with Crippen LogP contribution in [0.5, 0.6) is 0 Å². The number of aliphatic carboxylic acids is 1. The van der Waals surface area contributed by atoms with Crippen LogP contribution in [0.25, 0.3) is 0 Å². The van der Waals surface area contributed by atoms with E-state index >= 15 is 0 Å². The Morgan fingerprint density at radius 1 is 1.50 bits per heavy atom. The zero-order valence-electron chi connectivity index (χ0n) is 11.7. The molecule has 0 saturated heterocycles. The Morgan fingerprint density at radius 3 is 2.80 bits per heavy atom. The first-order chi connectivity index (χ1) is 9.50. The van der Waals surface area contributed by atoms with Crippen molar-refractivity contribution < 1.29 is 19.4 Å². The van der Waals surface area contributed by atoms with Gasteiger partial charge in [-0.1, -0.05) is 6.07 Å². The van der Waals surface area contributed by atoms with Crippen molar-refractivity contribution in [1.29, 1.82) is 0 Å². The van der Waals surface area contributed by atoms with E-state index in [1.165, 1.54) is 0 Å². The fourth-order valence-corrected chi connectivity index (χ4v) is 2.25. The highest BCUT2D eigenvalue weighted by Crippen LogP contribution is 2.13. The standard InChI is InChI=1S/C13H20N2O4S/c1-10(2)15(8-11-4-3-7-20-11)13(18)14-5-6-19-9-12(16)17/h3-4,7,10H,5-6,8-9H2,1-2H3,(H,14,18)(H,16,17). The SMILES string of the molecule is CC(C)N(Cc1cccs1)C(=O)NCCOCC(=O)O. The smallest absolute Gasteiger partial charge is 0.329 e. The van der Waals surface area contributed by atoms with Crippen LogP contribution in [0.4, 0.5) is 4.79 Å². The maximum atomic E-state index is 12.1. The third kappa shape index (κ3) is 6.03. The first kappa shape index (κ1) is 16.5. The molecule has 0 aromatic carbocycles. The number of rotatable bonds is 8. The van der Waals surface area contributed by atoms with Crippen molar-refractivity contribution in [3.8, 4) is 0 Å². The molecule has 0 atom stereocenters. The average Bonchev–Trinajstić information content (AvgIpc) is 2.87. The summed E-state index contributed by atoms with van der Waals surface area (Å²) in [4.78, 5) is 25.2. The summed E-state index contributed by atoms with van der Waals surface area (Å²) < 4.78 is 4.86. The molecular formula is C13H20N2O4S. The van der Waals surface area contributed by atoms with E-state index in [1.54, 1.807) is 16.2 Å². The molecule has 1 heterocycles. The van der Waals surface area contributed by atoms with Crippen LogP contribution in [0.1, 0.15) is 18.7 Å². The van der Waals surface area contributed by atoms with Gasteiger partial charge in [-0.15, -0.1) is 11.3 Å². The summed E-state index contributed by atoms with van der Waals surface area (Å²) in [5.41, 5.74) is 0. The van der Waals surface area contributed by atoms with Gasteiger partial charge in [0.25, 0.3) is 0 Å². The molecule has 0 unspecified atom stereocenters. The van der Waals surface area contributed by atoms with Gasteiger partial charge in [0, 0.05) is 17.5 Å². The van der Waals surface area contributed by atoms with Gasteiger partial charge >= 0.3 is 12.0 Å². The number of thiophene rings is 1. The molecule has 6 nitrogen and oxygen atoms in total. The predicted molar refractivity (Wildman–Crippen MR) is 76.9 cm³/mol. The van der Waals surface area contributed by atoms with Gasteiger partial charge in [-0.25, -0.2) is 9.59 Å². The van der Waals surface area contributed by atoms with Gasteiger partial charge in [-0.2, -0.15) is 0 Å². The Morgan fingerprint density at radius 2 is 2.25 bits per heavy atom. The van der Waals surface area contributed by atoms with E-state index in [1.807, 2.05) is 31.4 Å². The summed E-state index contributed by atoms with van der Waals surface area (Å²) >= 11 is 1.61. The third-order valence-electron chi connectivity index (χ3n) is 2.54. The number of carbonyl (C=O) groups excluding carboxylic acids is 1. The van der Waals surface area contributed by atoms with Gasteiger partial charge in [-0.05, 0) is 25.3 Å². The van der Waals surface area contributed by atoms with Gasteiger partial charge < -0.3 is 20.1 Å². The molecule has 1 aromatic rings. The number of carboxylic acids is 1. The van der Waals surface area contributed by atoms with Crippen LogP contribution in [0.2, 0.25) is 0 Å². The number of carboxylic acid groups (broad SMARTS) is 1. The Labute approximate surface area is 122 Å². The molecule has 112 valence electrons. The lowest BCUT2D eigenvalue weighted by atomic mass is 10.3. The first-order valence-electron chi connectivity index (χ1n) is 6.37. The van der Waals surface area contributed by atoms with Crippen molar-refractivity contribution >= 4 is 23.3 Å². The number of carbonyl (C=O) groups is 2. The van der Waals surface area contributed by atoms with Gasteiger partial charge in [0.2, 0.25) is 0 Å². The van der Waals surface area contributed by atoms with E-state index in [9.17, 15) is 9.59 Å². The maximum Gasteiger partial charge on any atom is 0.329 e. The molecule has 0 aliphatic rings. The van der Waals surface area contributed by atoms with E-state index < -0.39 is 5.97 Å². The Balaban J connectivity index is 2.35. The second-order valence-corrected chi connectivity index (χ2v) is 5.51. The second kappa shape index (κ2) is 8.55. The fraction of sp³-hybridized carbons (Fsp3) is 0.538. The number of nitrogens with one attached hydrogen (secondary N) is 1. The molecule has 0 saturated carbocycles. The van der Waals surface area contributed by atoms with Gasteiger partial charge in [0.05, 0.1) is 13.2 Å². The molecule has 0 aliphatic carbocycles. The number of amides is 2. The molecule has 0 aliphatic heterocycles. The van der Waals surface area contributed by atoms with Gasteiger partial charge in [0.15, 0.2) is 0 Å². The monoisotopic (exact) mass is 300 g/mol. The summed E-state index contributed by atoms with van der Waals surface area (Å²) in [5, 5.41) is 13.1. The number of urea groups is 1. The molecule has 0 bridgehead atoms. The topological polar surface area (TPSA) is 78.9 Å². The normalized spacial score (nSPS) is 10.6. The third-order valence-corrected chi connectivity index (χ3v) is 3.40. The summed E-state index contributed by atoms with van der Waals surface area (Å²) in [5.74, 6) is -1.02. The van der Waals surface area contributed by atoms with E-state index in [-0.39, 0.29) is 25.3 Å². The molecule has 2 N–H and O–H groups in total. The van der Waals surface area contributed by atoms with Crippen LogP contribution in [0.3, 0.4) is 0 Å². The molecule has 20 heavy (non-hydrogen) atoms. The van der Waals surface area contributed by atoms with Crippen LogP contribution >= 0.6 is 11.3 Å². The Kier molecular flexibility index (Phi) is 7.03. The van der Waals surface area contributed by atoms with E-state index in [4.69, 9.17) is 9.84 Å². The maximum absolute atomic E-state index is 12.1. The lowest BCUT2D eigenvalue weighted by Gasteiger charge is -2.26.